The minimum absolute atomic E-state index is 0.132. The van der Waals surface area contributed by atoms with Crippen molar-refractivity contribution in [3.8, 4) is 0 Å². The molecule has 6 heteroatoms. The van der Waals surface area contributed by atoms with Crippen molar-refractivity contribution in [3.63, 3.8) is 0 Å². The average Bonchev–Trinajstić information content (AvgIpc) is 2.89. The molecule has 2 N–H and O–H groups in total. The molecule has 2 aromatic rings. The molecule has 0 fully saturated rings. The van der Waals surface area contributed by atoms with Crippen molar-refractivity contribution in [2.24, 2.45) is 0 Å². The van der Waals surface area contributed by atoms with E-state index in [2.05, 4.69) is 42.4 Å². The van der Waals surface area contributed by atoms with Crippen LogP contribution in [0.4, 0.5) is 5.82 Å². The lowest BCUT2D eigenvalue weighted by Crippen LogP contribution is -2.20. The van der Waals surface area contributed by atoms with E-state index in [0.29, 0.717) is 11.5 Å². The van der Waals surface area contributed by atoms with Crippen molar-refractivity contribution in [2.75, 3.05) is 11.9 Å². The lowest BCUT2D eigenvalue weighted by molar-refractivity contribution is 0.565. The zero-order chi connectivity index (χ0) is 16.4. The van der Waals surface area contributed by atoms with Gasteiger partial charge >= 0.3 is 5.69 Å². The smallest absolute Gasteiger partial charge is 0.347 e. The molecule has 0 saturated carbocycles. The van der Waals surface area contributed by atoms with Gasteiger partial charge in [-0.2, -0.15) is 0 Å². The quantitative estimate of drug-likeness (QED) is 0.850. The maximum atomic E-state index is 11.9. The summed E-state index contributed by atoms with van der Waals surface area (Å²) in [5, 5.41) is 9.96. The van der Waals surface area contributed by atoms with Crippen LogP contribution in [0.25, 0.3) is 5.65 Å². The van der Waals surface area contributed by atoms with Gasteiger partial charge in [0.15, 0.2) is 5.82 Å². The highest BCUT2D eigenvalue weighted by molar-refractivity contribution is 5.62. The maximum Gasteiger partial charge on any atom is 0.347 e. The third-order valence-corrected chi connectivity index (χ3v) is 4.29. The number of fused-ring (bicyclic) bond motifs is 1. The summed E-state index contributed by atoms with van der Waals surface area (Å²) < 4.78 is 1.54. The summed E-state index contributed by atoms with van der Waals surface area (Å²) in [6.07, 6.45) is 10.2. The third-order valence-electron chi connectivity index (χ3n) is 4.29. The van der Waals surface area contributed by atoms with E-state index in [4.69, 9.17) is 4.98 Å². The Bertz CT molecular complexity index is 778. The molecule has 0 saturated heterocycles. The van der Waals surface area contributed by atoms with E-state index in [1.165, 1.54) is 35.7 Å². The van der Waals surface area contributed by atoms with Gasteiger partial charge < -0.3 is 5.32 Å². The average molecular weight is 315 g/mol. The monoisotopic (exact) mass is 315 g/mol. The van der Waals surface area contributed by atoms with Crippen LogP contribution in [0.1, 0.15) is 58.6 Å². The molecule has 0 radical (unpaired) electrons. The van der Waals surface area contributed by atoms with Gasteiger partial charge in [-0.1, -0.05) is 32.4 Å². The molecule has 0 aliphatic heterocycles. The molecule has 0 bridgehead atoms. The highest BCUT2D eigenvalue weighted by Gasteiger charge is 2.19. The molecule has 1 aliphatic rings. The summed E-state index contributed by atoms with van der Waals surface area (Å²) in [6, 6.07) is 0. The number of allylic oxidation sites excluding steroid dienone is 1. The van der Waals surface area contributed by atoms with E-state index in [1.807, 2.05) is 0 Å². The lowest BCUT2D eigenvalue weighted by atomic mass is 9.93. The minimum atomic E-state index is -0.231. The molecule has 3 rings (SSSR count). The highest BCUT2D eigenvalue weighted by Crippen LogP contribution is 2.23. The van der Waals surface area contributed by atoms with Gasteiger partial charge in [-0.15, -0.1) is 5.10 Å². The van der Waals surface area contributed by atoms with Gasteiger partial charge in [0.1, 0.15) is 0 Å². The van der Waals surface area contributed by atoms with Crippen molar-refractivity contribution in [1.29, 1.82) is 0 Å². The standard InChI is InChI=1S/C17H25N5O/c1-17(2,3)13-11-22-15(20-21-16(22)23)14(19-13)18-10-9-12-7-5-4-6-8-12/h7,11H,4-6,8-10H2,1-3H3,(H,18,19)(H,21,23). The Labute approximate surface area is 136 Å². The number of hydrogen-bond acceptors (Lipinski definition) is 4. The first kappa shape index (κ1) is 15.8. The fourth-order valence-electron chi connectivity index (χ4n) is 2.87. The Balaban J connectivity index is 1.84. The highest BCUT2D eigenvalue weighted by atomic mass is 16.1. The van der Waals surface area contributed by atoms with Crippen molar-refractivity contribution >= 4 is 11.5 Å². The number of nitrogens with zero attached hydrogens (tertiary/aromatic N) is 3. The molecule has 6 nitrogen and oxygen atoms in total. The number of anilines is 1. The van der Waals surface area contributed by atoms with Gasteiger partial charge in [0.25, 0.3) is 0 Å². The van der Waals surface area contributed by atoms with Gasteiger partial charge in [-0.25, -0.2) is 19.3 Å². The second-order valence-corrected chi connectivity index (χ2v) is 7.23. The van der Waals surface area contributed by atoms with Crippen LogP contribution in [0.3, 0.4) is 0 Å². The molecule has 2 aromatic heterocycles. The molecule has 23 heavy (non-hydrogen) atoms. The zero-order valence-corrected chi connectivity index (χ0v) is 14.1. The number of nitrogens with one attached hydrogen (secondary N) is 2. The molecule has 2 heterocycles. The van der Waals surface area contributed by atoms with Crippen LogP contribution in [0.2, 0.25) is 0 Å². The van der Waals surface area contributed by atoms with Gasteiger partial charge in [0.2, 0.25) is 5.65 Å². The summed E-state index contributed by atoms with van der Waals surface area (Å²) in [5.74, 6) is 0.673. The van der Waals surface area contributed by atoms with E-state index in [1.54, 1.807) is 6.20 Å². The van der Waals surface area contributed by atoms with Crippen molar-refractivity contribution < 1.29 is 0 Å². The molecule has 0 atom stereocenters. The first-order valence-electron chi connectivity index (χ1n) is 8.35. The van der Waals surface area contributed by atoms with Gasteiger partial charge in [0.05, 0.1) is 5.69 Å². The predicted octanol–water partition coefficient (Wildman–Crippen LogP) is 3.02. The van der Waals surface area contributed by atoms with E-state index < -0.39 is 0 Å². The molecule has 0 spiro atoms. The van der Waals surface area contributed by atoms with Crippen molar-refractivity contribution in [1.82, 2.24) is 19.6 Å². The summed E-state index contributed by atoms with van der Waals surface area (Å²) in [6.45, 7) is 7.07. The summed E-state index contributed by atoms with van der Waals surface area (Å²) >= 11 is 0. The van der Waals surface area contributed by atoms with E-state index in [9.17, 15) is 4.79 Å². The normalized spacial score (nSPS) is 15.7. The van der Waals surface area contributed by atoms with Gasteiger partial charge in [0, 0.05) is 18.2 Å². The molecule has 1 aliphatic carbocycles. The summed E-state index contributed by atoms with van der Waals surface area (Å²) in [7, 11) is 0. The maximum absolute atomic E-state index is 11.9. The Morgan fingerprint density at radius 1 is 1.35 bits per heavy atom. The Kier molecular flexibility index (Phi) is 4.24. The van der Waals surface area contributed by atoms with Crippen LogP contribution in [-0.4, -0.2) is 26.1 Å². The van der Waals surface area contributed by atoms with Crippen LogP contribution < -0.4 is 11.0 Å². The number of hydrogen-bond donors (Lipinski definition) is 2. The van der Waals surface area contributed by atoms with E-state index >= 15 is 0 Å². The second kappa shape index (κ2) is 6.18. The van der Waals surface area contributed by atoms with Crippen LogP contribution in [0.5, 0.6) is 0 Å². The number of H-pyrrole nitrogens is 1. The third kappa shape index (κ3) is 3.46. The second-order valence-electron chi connectivity index (χ2n) is 7.23. The predicted molar refractivity (Wildman–Crippen MR) is 92.0 cm³/mol. The van der Waals surface area contributed by atoms with E-state index in [0.717, 1.165) is 18.7 Å². The topological polar surface area (TPSA) is 75.1 Å². The molecule has 0 amide bonds. The van der Waals surface area contributed by atoms with Gasteiger partial charge in [-0.3, -0.25) is 0 Å². The molecule has 0 aromatic carbocycles. The van der Waals surface area contributed by atoms with E-state index in [-0.39, 0.29) is 11.1 Å². The van der Waals surface area contributed by atoms with Crippen LogP contribution >= 0.6 is 0 Å². The SMILES string of the molecule is CC(C)(C)c1cn2c(=O)[nH]nc2c(NCCC2=CCCCC2)n1. The molecular formula is C17H25N5O. The minimum Gasteiger partial charge on any atom is -0.367 e. The fraction of sp³-hybridized carbons (Fsp3) is 0.588. The fourth-order valence-corrected chi connectivity index (χ4v) is 2.87. The van der Waals surface area contributed by atoms with Gasteiger partial charge in [-0.05, 0) is 32.1 Å². The summed E-state index contributed by atoms with van der Waals surface area (Å²) in [4.78, 5) is 16.6. The van der Waals surface area contributed by atoms with Crippen molar-refractivity contribution in [2.45, 2.75) is 58.3 Å². The van der Waals surface area contributed by atoms with Crippen LogP contribution in [0.15, 0.2) is 22.6 Å². The van der Waals surface area contributed by atoms with Crippen molar-refractivity contribution in [3.05, 3.63) is 34.0 Å². The number of aromatic nitrogens is 4. The largest absolute Gasteiger partial charge is 0.367 e. The Hall–Kier alpha value is -2.11. The number of rotatable bonds is 4. The molecule has 0 unspecified atom stereocenters. The van der Waals surface area contributed by atoms with Crippen LogP contribution in [-0.2, 0) is 5.41 Å². The Morgan fingerprint density at radius 2 is 2.17 bits per heavy atom. The zero-order valence-electron chi connectivity index (χ0n) is 14.1. The molecular weight excluding hydrogens is 290 g/mol. The van der Waals surface area contributed by atoms with Crippen LogP contribution in [0, 0.1) is 0 Å². The molecule has 124 valence electrons. The number of aromatic amines is 1. The lowest BCUT2D eigenvalue weighted by Gasteiger charge is -2.19. The first-order valence-corrected chi connectivity index (χ1v) is 8.35. The summed E-state index contributed by atoms with van der Waals surface area (Å²) in [5.41, 5.74) is 2.58. The first-order chi connectivity index (χ1) is 10.9. The Morgan fingerprint density at radius 3 is 2.87 bits per heavy atom.